The molecule has 4 aliphatic heterocycles. The molecule has 5 atom stereocenters. The number of fused-ring (bicyclic) bond motifs is 2. The largest absolute Gasteiger partial charge is 0.465 e. The second-order valence-electron chi connectivity index (χ2n) is 10.4. The lowest BCUT2D eigenvalue weighted by molar-refractivity contribution is -0.155. The molecule has 0 aromatic heterocycles. The minimum absolute atomic E-state index is 0.0154. The third-order valence-corrected chi connectivity index (χ3v) is 7.22. The van der Waals surface area contributed by atoms with Crippen LogP contribution >= 0.6 is 0 Å². The molecule has 33 heavy (non-hydrogen) atoms. The highest BCUT2D eigenvalue weighted by atomic mass is 16.6. The Morgan fingerprint density at radius 3 is 2.64 bits per heavy atom. The number of esters is 1. The molecular formula is C25H36N2O6. The molecular weight excluding hydrogens is 424 g/mol. The Balaban J connectivity index is 1.79. The first-order valence-corrected chi connectivity index (χ1v) is 12.1. The maximum absolute atomic E-state index is 14.0. The van der Waals surface area contributed by atoms with Crippen molar-refractivity contribution >= 4 is 17.8 Å². The number of rotatable bonds is 4. The number of cyclic esters (lactones) is 1. The number of likely N-dealkylation sites (tertiary alicyclic amines) is 1. The van der Waals surface area contributed by atoms with Crippen LogP contribution in [0.4, 0.5) is 0 Å². The highest BCUT2D eigenvalue weighted by Gasteiger charge is 2.71. The van der Waals surface area contributed by atoms with Gasteiger partial charge in [0.25, 0.3) is 0 Å². The first-order valence-electron chi connectivity index (χ1n) is 12.1. The van der Waals surface area contributed by atoms with Crippen LogP contribution in [0.25, 0.3) is 0 Å². The van der Waals surface area contributed by atoms with Gasteiger partial charge in [-0.3, -0.25) is 14.4 Å². The van der Waals surface area contributed by atoms with E-state index in [2.05, 4.69) is 0 Å². The molecule has 2 amide bonds. The van der Waals surface area contributed by atoms with Crippen molar-refractivity contribution in [2.75, 3.05) is 26.3 Å². The SMILES string of the molecule is CC(C)(C)N1CC=C[C@]23O[C@@H]4/C=C\CCCCOC(=O)[C@@H]4[C@H]2C(=O)N(CCCCO)C3C1=O. The van der Waals surface area contributed by atoms with Gasteiger partial charge >= 0.3 is 5.97 Å². The molecule has 0 aromatic carbocycles. The molecule has 4 aliphatic rings. The van der Waals surface area contributed by atoms with E-state index in [1.807, 2.05) is 45.1 Å². The van der Waals surface area contributed by atoms with Crippen molar-refractivity contribution in [3.63, 3.8) is 0 Å². The Bertz CT molecular complexity index is 846. The summed E-state index contributed by atoms with van der Waals surface area (Å²) in [5.41, 5.74) is -1.67. The lowest BCUT2D eigenvalue weighted by Gasteiger charge is -2.40. The van der Waals surface area contributed by atoms with Gasteiger partial charge in [-0.1, -0.05) is 24.3 Å². The van der Waals surface area contributed by atoms with Crippen LogP contribution in [0.1, 0.15) is 52.9 Å². The monoisotopic (exact) mass is 460 g/mol. The molecule has 8 nitrogen and oxygen atoms in total. The van der Waals surface area contributed by atoms with Crippen LogP contribution in [0.2, 0.25) is 0 Å². The van der Waals surface area contributed by atoms with Crippen LogP contribution in [-0.4, -0.2) is 82.3 Å². The summed E-state index contributed by atoms with van der Waals surface area (Å²) in [6, 6.07) is -0.856. The molecule has 182 valence electrons. The van der Waals surface area contributed by atoms with Crippen LogP contribution in [-0.2, 0) is 23.9 Å². The van der Waals surface area contributed by atoms with Crippen LogP contribution in [0.15, 0.2) is 24.3 Å². The van der Waals surface area contributed by atoms with E-state index in [0.717, 1.165) is 19.3 Å². The summed E-state index contributed by atoms with van der Waals surface area (Å²) in [5.74, 6) is -2.47. The maximum atomic E-state index is 14.0. The molecule has 2 saturated heterocycles. The summed E-state index contributed by atoms with van der Waals surface area (Å²) in [5, 5.41) is 9.26. The predicted octanol–water partition coefficient (Wildman–Crippen LogP) is 1.82. The van der Waals surface area contributed by atoms with E-state index in [0.29, 0.717) is 32.5 Å². The molecule has 0 radical (unpaired) electrons. The maximum Gasteiger partial charge on any atom is 0.312 e. The number of ether oxygens (including phenoxy) is 2. The van der Waals surface area contributed by atoms with Gasteiger partial charge in [0.05, 0.1) is 18.6 Å². The van der Waals surface area contributed by atoms with Crippen molar-refractivity contribution in [1.82, 2.24) is 9.80 Å². The van der Waals surface area contributed by atoms with Crippen molar-refractivity contribution in [3.05, 3.63) is 24.3 Å². The van der Waals surface area contributed by atoms with E-state index >= 15 is 0 Å². The second kappa shape index (κ2) is 9.22. The average Bonchev–Trinajstić information content (AvgIpc) is 3.12. The predicted molar refractivity (Wildman–Crippen MR) is 121 cm³/mol. The molecule has 4 heterocycles. The molecule has 0 aliphatic carbocycles. The molecule has 0 bridgehead atoms. The van der Waals surface area contributed by atoms with E-state index in [-0.39, 0.29) is 18.4 Å². The van der Waals surface area contributed by atoms with Crippen molar-refractivity contribution in [1.29, 1.82) is 0 Å². The smallest absolute Gasteiger partial charge is 0.312 e. The zero-order valence-electron chi connectivity index (χ0n) is 19.9. The summed E-state index contributed by atoms with van der Waals surface area (Å²) in [7, 11) is 0. The fourth-order valence-corrected chi connectivity index (χ4v) is 5.65. The minimum atomic E-state index is -1.22. The van der Waals surface area contributed by atoms with Gasteiger partial charge in [0.1, 0.15) is 17.6 Å². The van der Waals surface area contributed by atoms with E-state index in [1.165, 1.54) is 0 Å². The van der Waals surface area contributed by atoms with Crippen LogP contribution in [0.3, 0.4) is 0 Å². The standard InChI is InChI=1S/C25H36N2O6/c1-24(2,3)27-14-10-12-25-19(21(29)26(13-7-8-15-28)20(25)22(27)30)18-17(33-25)11-6-4-5-9-16-32-23(18)31/h6,10-12,17-20,28H,4-5,7-9,13-16H2,1-3H3/b11-6-/t17-,18+,19+,20?,25+/m1/s1. The van der Waals surface area contributed by atoms with E-state index in [1.54, 1.807) is 9.80 Å². The fourth-order valence-electron chi connectivity index (χ4n) is 5.65. The number of carbonyl (C=O) groups is 3. The number of aliphatic hydroxyl groups is 1. The van der Waals surface area contributed by atoms with Gasteiger partial charge in [-0.2, -0.15) is 0 Å². The van der Waals surface area contributed by atoms with Crippen molar-refractivity contribution in [2.45, 2.75) is 76.2 Å². The van der Waals surface area contributed by atoms with Gasteiger partial charge in [-0.25, -0.2) is 0 Å². The summed E-state index contributed by atoms with van der Waals surface area (Å²) in [6.45, 7) is 6.98. The third kappa shape index (κ3) is 4.12. The van der Waals surface area contributed by atoms with Gasteiger partial charge in [0.15, 0.2) is 0 Å². The molecule has 8 heteroatoms. The number of allylic oxidation sites excluding steroid dienone is 1. The van der Waals surface area contributed by atoms with Gasteiger partial charge < -0.3 is 24.4 Å². The zero-order chi connectivity index (χ0) is 23.8. The van der Waals surface area contributed by atoms with Crippen LogP contribution in [0.5, 0.6) is 0 Å². The lowest BCUT2D eigenvalue weighted by Crippen LogP contribution is -2.58. The Morgan fingerprint density at radius 1 is 1.12 bits per heavy atom. The lowest BCUT2D eigenvalue weighted by atomic mass is 9.77. The molecule has 1 unspecified atom stereocenters. The number of unbranched alkanes of at least 4 members (excludes halogenated alkanes) is 1. The van der Waals surface area contributed by atoms with E-state index in [4.69, 9.17) is 9.47 Å². The quantitative estimate of drug-likeness (QED) is 0.391. The number of amides is 2. The van der Waals surface area contributed by atoms with Gasteiger partial charge in [-0.15, -0.1) is 0 Å². The van der Waals surface area contributed by atoms with Crippen molar-refractivity contribution < 1.29 is 29.0 Å². The molecule has 4 rings (SSSR count). The number of hydrogen-bond donors (Lipinski definition) is 1. The summed E-state index contributed by atoms with van der Waals surface area (Å²) in [6.07, 6.45) is 10.6. The summed E-state index contributed by atoms with van der Waals surface area (Å²) < 4.78 is 12.1. The van der Waals surface area contributed by atoms with Crippen LogP contribution < -0.4 is 0 Å². The normalized spacial score (nSPS) is 35.6. The number of aliphatic hydroxyl groups excluding tert-OH is 1. The summed E-state index contributed by atoms with van der Waals surface area (Å²) in [4.78, 5) is 44.3. The average molecular weight is 461 g/mol. The Morgan fingerprint density at radius 2 is 1.91 bits per heavy atom. The van der Waals surface area contributed by atoms with Gasteiger partial charge in [0, 0.05) is 25.2 Å². The molecule has 1 spiro atoms. The summed E-state index contributed by atoms with van der Waals surface area (Å²) >= 11 is 0. The van der Waals surface area contributed by atoms with Crippen molar-refractivity contribution in [2.24, 2.45) is 11.8 Å². The topological polar surface area (TPSA) is 96.4 Å². The molecule has 0 aromatic rings. The first-order chi connectivity index (χ1) is 15.7. The van der Waals surface area contributed by atoms with Crippen molar-refractivity contribution in [3.8, 4) is 0 Å². The highest BCUT2D eigenvalue weighted by Crippen LogP contribution is 2.53. The Kier molecular flexibility index (Phi) is 6.69. The third-order valence-electron chi connectivity index (χ3n) is 7.22. The highest BCUT2D eigenvalue weighted by molar-refractivity contribution is 5.99. The zero-order valence-corrected chi connectivity index (χ0v) is 19.9. The minimum Gasteiger partial charge on any atom is -0.465 e. The van der Waals surface area contributed by atoms with E-state index in [9.17, 15) is 19.5 Å². The number of carbonyl (C=O) groups excluding carboxylic acids is 3. The van der Waals surface area contributed by atoms with Crippen LogP contribution in [0, 0.1) is 11.8 Å². The number of nitrogens with zero attached hydrogens (tertiary/aromatic N) is 2. The Labute approximate surface area is 195 Å². The fraction of sp³-hybridized carbons (Fsp3) is 0.720. The second-order valence-corrected chi connectivity index (χ2v) is 10.4. The first kappa shape index (κ1) is 24.0. The van der Waals surface area contributed by atoms with E-state index < -0.39 is 41.1 Å². The molecule has 0 saturated carbocycles. The molecule has 1 N–H and O–H groups in total. The van der Waals surface area contributed by atoms with Gasteiger partial charge in [-0.05, 0) is 52.9 Å². The Hall–Kier alpha value is -2.19. The molecule has 2 fully saturated rings. The number of hydrogen-bond acceptors (Lipinski definition) is 6. The van der Waals surface area contributed by atoms with Gasteiger partial charge in [0.2, 0.25) is 11.8 Å².